The first-order valence-corrected chi connectivity index (χ1v) is 7.84. The minimum Gasteiger partial charge on any atom is -0.472 e. The van der Waals surface area contributed by atoms with Crippen molar-refractivity contribution in [3.63, 3.8) is 0 Å². The summed E-state index contributed by atoms with van der Waals surface area (Å²) < 4.78 is 6.43. The van der Waals surface area contributed by atoms with Gasteiger partial charge in [-0.1, -0.05) is 39.0 Å². The molecule has 0 N–H and O–H groups in total. The summed E-state index contributed by atoms with van der Waals surface area (Å²) in [6.07, 6.45) is 0. The van der Waals surface area contributed by atoms with Crippen LogP contribution in [0, 0.1) is 11.3 Å². The third kappa shape index (κ3) is 3.76. The van der Waals surface area contributed by atoms with Gasteiger partial charge in [-0.15, -0.1) is 0 Å². The molecule has 2 rings (SSSR count). The Balaban J connectivity index is 2.31. The van der Waals surface area contributed by atoms with Gasteiger partial charge in [0.25, 0.3) is 0 Å². The number of nitrogens with zero attached hydrogens (tertiary/aromatic N) is 3. The Kier molecular flexibility index (Phi) is 5.05. The first-order valence-electron chi connectivity index (χ1n) is 6.67. The normalized spacial score (nSPS) is 11.1. The van der Waals surface area contributed by atoms with Crippen molar-refractivity contribution in [2.24, 2.45) is 0 Å². The van der Waals surface area contributed by atoms with E-state index >= 15 is 0 Å². The van der Waals surface area contributed by atoms with Crippen molar-refractivity contribution in [3.05, 3.63) is 50.8 Å². The van der Waals surface area contributed by atoms with E-state index in [9.17, 15) is 0 Å². The molecule has 0 aliphatic heterocycles. The first-order chi connectivity index (χ1) is 10.3. The number of hydrogen-bond acceptors (Lipinski definition) is 4. The van der Waals surface area contributed by atoms with Crippen molar-refractivity contribution < 1.29 is 4.74 Å². The summed E-state index contributed by atoms with van der Waals surface area (Å²) in [6.45, 7) is 6.33. The minimum absolute atomic E-state index is 0.136. The van der Waals surface area contributed by atoms with E-state index in [2.05, 4.69) is 32.0 Å². The summed E-state index contributed by atoms with van der Waals surface area (Å²) in [7, 11) is 0. The number of nitriles is 1. The molecule has 0 saturated carbocycles. The second kappa shape index (κ2) is 6.64. The van der Waals surface area contributed by atoms with Crippen molar-refractivity contribution in [3.8, 4) is 11.9 Å². The zero-order chi connectivity index (χ0) is 16.3. The lowest BCUT2D eigenvalue weighted by Gasteiger charge is -2.20. The van der Waals surface area contributed by atoms with Gasteiger partial charge >= 0.3 is 0 Å². The van der Waals surface area contributed by atoms with E-state index in [1.165, 1.54) is 0 Å². The summed E-state index contributed by atoms with van der Waals surface area (Å²) in [5.74, 6) is 0.373. The molecule has 1 aromatic carbocycles. The van der Waals surface area contributed by atoms with Crippen molar-refractivity contribution >= 4 is 27.5 Å². The molecule has 4 nitrogen and oxygen atoms in total. The summed E-state index contributed by atoms with van der Waals surface area (Å²) in [6, 6.07) is 9.42. The molecule has 0 amide bonds. The van der Waals surface area contributed by atoms with Crippen LogP contribution in [0.3, 0.4) is 0 Å². The average molecular weight is 381 g/mol. The third-order valence-electron chi connectivity index (χ3n) is 3.01. The Morgan fingerprint density at radius 3 is 2.59 bits per heavy atom. The van der Waals surface area contributed by atoms with Crippen LogP contribution in [0.1, 0.15) is 37.6 Å². The van der Waals surface area contributed by atoms with Gasteiger partial charge in [0, 0.05) is 11.0 Å². The lowest BCUT2D eigenvalue weighted by molar-refractivity contribution is 0.289. The average Bonchev–Trinajstić information content (AvgIpc) is 2.47. The van der Waals surface area contributed by atoms with E-state index in [-0.39, 0.29) is 17.3 Å². The quantitative estimate of drug-likeness (QED) is 0.728. The van der Waals surface area contributed by atoms with Gasteiger partial charge in [-0.25, -0.2) is 4.98 Å². The van der Waals surface area contributed by atoms with Crippen molar-refractivity contribution in [1.29, 1.82) is 5.26 Å². The standard InChI is InChI=1S/C16H15BrClN3O/c1-16(2,3)13-12(17)14(21-15(18)20-13)22-9-11-7-5-4-6-10(11)8-19/h4-7H,9H2,1-3H3. The molecule has 0 atom stereocenters. The molecule has 0 fully saturated rings. The van der Waals surface area contributed by atoms with Crippen molar-refractivity contribution in [2.75, 3.05) is 0 Å². The van der Waals surface area contributed by atoms with E-state index in [1.54, 1.807) is 6.07 Å². The number of halogens is 2. The van der Waals surface area contributed by atoms with Crippen LogP contribution < -0.4 is 4.74 Å². The van der Waals surface area contributed by atoms with Gasteiger partial charge in [-0.05, 0) is 33.6 Å². The second-order valence-electron chi connectivity index (χ2n) is 5.77. The number of benzene rings is 1. The number of hydrogen-bond donors (Lipinski definition) is 0. The van der Waals surface area contributed by atoms with Crippen molar-refractivity contribution in [1.82, 2.24) is 9.97 Å². The molecule has 2 aromatic rings. The molecule has 0 bridgehead atoms. The van der Waals surface area contributed by atoms with Crippen LogP contribution >= 0.6 is 27.5 Å². The fourth-order valence-electron chi connectivity index (χ4n) is 1.89. The van der Waals surface area contributed by atoms with Crippen LogP contribution in [-0.2, 0) is 12.0 Å². The van der Waals surface area contributed by atoms with Gasteiger partial charge < -0.3 is 4.74 Å². The first kappa shape index (κ1) is 16.7. The number of rotatable bonds is 3. The molecule has 6 heteroatoms. The summed E-state index contributed by atoms with van der Waals surface area (Å²) in [5, 5.41) is 9.24. The van der Waals surface area contributed by atoms with Crippen LogP contribution in [0.15, 0.2) is 28.7 Å². The van der Waals surface area contributed by atoms with Gasteiger partial charge in [-0.3, -0.25) is 0 Å². The lowest BCUT2D eigenvalue weighted by Crippen LogP contribution is -2.16. The van der Waals surface area contributed by atoms with Gasteiger partial charge in [0.2, 0.25) is 11.2 Å². The van der Waals surface area contributed by atoms with Gasteiger partial charge in [0.05, 0.1) is 17.3 Å². The molecule has 0 aliphatic rings. The molecule has 1 heterocycles. The highest BCUT2D eigenvalue weighted by molar-refractivity contribution is 9.10. The van der Waals surface area contributed by atoms with Crippen molar-refractivity contribution in [2.45, 2.75) is 32.8 Å². The maximum Gasteiger partial charge on any atom is 0.233 e. The zero-order valence-electron chi connectivity index (χ0n) is 12.5. The molecular formula is C16H15BrClN3O. The molecule has 114 valence electrons. The summed E-state index contributed by atoms with van der Waals surface area (Å²) in [4.78, 5) is 8.39. The minimum atomic E-state index is -0.200. The molecule has 0 spiro atoms. The molecule has 0 saturated heterocycles. The van der Waals surface area contributed by atoms with Crippen LogP contribution in [0.25, 0.3) is 0 Å². The second-order valence-corrected chi connectivity index (χ2v) is 6.90. The fraction of sp³-hybridized carbons (Fsp3) is 0.312. The molecule has 1 aromatic heterocycles. The Hall–Kier alpha value is -1.64. The Labute approximate surface area is 143 Å². The SMILES string of the molecule is CC(C)(C)c1nc(Cl)nc(OCc2ccccc2C#N)c1Br. The van der Waals surface area contributed by atoms with E-state index < -0.39 is 0 Å². The highest BCUT2D eigenvalue weighted by Gasteiger charge is 2.23. The summed E-state index contributed by atoms with van der Waals surface area (Å²) in [5.41, 5.74) is 1.95. The Morgan fingerprint density at radius 1 is 1.27 bits per heavy atom. The maximum absolute atomic E-state index is 9.10. The van der Waals surface area contributed by atoms with Crippen LogP contribution in [0.4, 0.5) is 0 Å². The Bertz CT molecular complexity index is 735. The molecular weight excluding hydrogens is 366 g/mol. The van der Waals surface area contributed by atoms with Gasteiger partial charge in [-0.2, -0.15) is 10.2 Å². The fourth-order valence-corrected chi connectivity index (χ4v) is 2.94. The molecule has 0 radical (unpaired) electrons. The van der Waals surface area contributed by atoms with Crippen LogP contribution in [-0.4, -0.2) is 9.97 Å². The predicted molar refractivity (Wildman–Crippen MR) is 88.9 cm³/mol. The summed E-state index contributed by atoms with van der Waals surface area (Å²) >= 11 is 9.48. The van der Waals surface area contributed by atoms with E-state index in [0.29, 0.717) is 15.9 Å². The van der Waals surface area contributed by atoms with Crippen LogP contribution in [0.2, 0.25) is 5.28 Å². The highest BCUT2D eigenvalue weighted by Crippen LogP contribution is 2.35. The Morgan fingerprint density at radius 2 is 1.95 bits per heavy atom. The van der Waals surface area contributed by atoms with E-state index in [4.69, 9.17) is 21.6 Å². The number of ether oxygens (including phenoxy) is 1. The zero-order valence-corrected chi connectivity index (χ0v) is 14.9. The highest BCUT2D eigenvalue weighted by atomic mass is 79.9. The van der Waals surface area contributed by atoms with Crippen LogP contribution in [0.5, 0.6) is 5.88 Å². The number of aromatic nitrogens is 2. The molecule has 0 unspecified atom stereocenters. The largest absolute Gasteiger partial charge is 0.472 e. The van der Waals surface area contributed by atoms with E-state index in [1.807, 2.05) is 39.0 Å². The van der Waals surface area contributed by atoms with Gasteiger partial charge in [0.15, 0.2) is 0 Å². The maximum atomic E-state index is 9.10. The molecule has 0 aliphatic carbocycles. The predicted octanol–water partition coefficient (Wildman–Crippen LogP) is 4.64. The topological polar surface area (TPSA) is 58.8 Å². The monoisotopic (exact) mass is 379 g/mol. The molecule has 22 heavy (non-hydrogen) atoms. The smallest absolute Gasteiger partial charge is 0.233 e. The third-order valence-corrected chi connectivity index (χ3v) is 3.89. The van der Waals surface area contributed by atoms with Gasteiger partial charge in [0.1, 0.15) is 11.1 Å². The van der Waals surface area contributed by atoms with E-state index in [0.717, 1.165) is 11.3 Å². The lowest BCUT2D eigenvalue weighted by atomic mass is 9.92.